The molecule has 1 atom stereocenters. The van der Waals surface area contributed by atoms with E-state index in [4.69, 9.17) is 11.7 Å². The number of fused-ring (bicyclic) bond motifs is 1. The second-order valence-corrected chi connectivity index (χ2v) is 15.3. The van der Waals surface area contributed by atoms with Gasteiger partial charge in [0.15, 0.2) is 0 Å². The number of carbonyl (C=O) groups excluding carboxylic acids is 3. The maximum absolute atomic E-state index is 13.2. The zero-order valence-corrected chi connectivity index (χ0v) is 31.4. The summed E-state index contributed by atoms with van der Waals surface area (Å²) < 4.78 is 4.90. The third kappa shape index (κ3) is 8.10. The molecule has 1 unspecified atom stereocenters. The molecule has 1 aromatic carbocycles. The van der Waals surface area contributed by atoms with Crippen molar-refractivity contribution in [2.75, 3.05) is 44.6 Å². The molecule has 5 heterocycles. The number of carbonyl (C=O) groups is 3. The summed E-state index contributed by atoms with van der Waals surface area (Å²) in [6.07, 6.45) is 6.29. The molecule has 7 rings (SSSR count). The second-order valence-electron chi connectivity index (χ2n) is 15.3. The van der Waals surface area contributed by atoms with Crippen LogP contribution in [0.3, 0.4) is 0 Å². The Morgan fingerprint density at radius 1 is 1.04 bits per heavy atom. The van der Waals surface area contributed by atoms with Crippen LogP contribution in [-0.4, -0.2) is 95.8 Å². The number of para-hydroxylation sites is 1. The Morgan fingerprint density at radius 3 is 2.47 bits per heavy atom. The van der Waals surface area contributed by atoms with Crippen LogP contribution in [0.1, 0.15) is 86.2 Å². The number of rotatable bonds is 8. The maximum atomic E-state index is 13.2. The number of anilines is 1. The maximum Gasteiger partial charge on any atom is 0.329 e. The summed E-state index contributed by atoms with van der Waals surface area (Å²) in [5.74, 6) is 6.07. The monoisotopic (exact) mass is 746 g/mol. The standard InChI is InChI=1S/C40H46N10O5/c1-40(2,55)36-30(43-37(52)29-10-6-12-33(41-3)42-29)25-49(45-36)28-15-13-26(14-16-28)24-48-22-20-47(21-23-48)19-7-9-27-8-5-11-31-35(27)46(4)39(54)50(31)32-17-18-34(51)44-38(32)53/h5-6,8,10-12,25-26,28,32,55H,13-24H2,1-2,4H3,(H,43,52)(H,44,51,53). The molecule has 2 aliphatic heterocycles. The van der Waals surface area contributed by atoms with Gasteiger partial charge in [0.05, 0.1) is 34.9 Å². The lowest BCUT2D eigenvalue weighted by molar-refractivity contribution is -0.135. The van der Waals surface area contributed by atoms with E-state index in [0.717, 1.165) is 64.0 Å². The smallest absolute Gasteiger partial charge is 0.329 e. The molecule has 3 amide bonds. The Kier molecular flexibility index (Phi) is 10.7. The molecule has 55 heavy (non-hydrogen) atoms. The van der Waals surface area contributed by atoms with Gasteiger partial charge in [-0.3, -0.25) is 38.4 Å². The van der Waals surface area contributed by atoms with Gasteiger partial charge in [-0.2, -0.15) is 5.10 Å². The number of aromatic nitrogens is 5. The van der Waals surface area contributed by atoms with Crippen molar-refractivity contribution in [3.8, 4) is 11.8 Å². The van der Waals surface area contributed by atoms with Crippen molar-refractivity contribution in [2.24, 2.45) is 13.0 Å². The van der Waals surface area contributed by atoms with Gasteiger partial charge in [-0.15, -0.1) is 4.98 Å². The average Bonchev–Trinajstić information content (AvgIpc) is 3.71. The van der Waals surface area contributed by atoms with Crippen LogP contribution in [-0.2, 0) is 22.2 Å². The number of piperazine rings is 1. The molecule has 2 saturated heterocycles. The zero-order valence-electron chi connectivity index (χ0n) is 31.4. The van der Waals surface area contributed by atoms with Crippen molar-refractivity contribution >= 4 is 40.3 Å². The third-order valence-electron chi connectivity index (χ3n) is 11.0. The summed E-state index contributed by atoms with van der Waals surface area (Å²) in [6.45, 7) is 15.9. The van der Waals surface area contributed by atoms with Gasteiger partial charge < -0.3 is 20.2 Å². The number of aryl methyl sites for hydroxylation is 1. The minimum atomic E-state index is -1.27. The predicted octanol–water partition coefficient (Wildman–Crippen LogP) is 3.34. The summed E-state index contributed by atoms with van der Waals surface area (Å²) in [5.41, 5.74) is 1.41. The van der Waals surface area contributed by atoms with E-state index in [2.05, 4.69) is 42.1 Å². The summed E-state index contributed by atoms with van der Waals surface area (Å²) in [7, 11) is 1.69. The van der Waals surface area contributed by atoms with Gasteiger partial charge >= 0.3 is 5.69 Å². The highest BCUT2D eigenvalue weighted by Gasteiger charge is 2.33. The number of aliphatic hydroxyl groups is 1. The van der Waals surface area contributed by atoms with Gasteiger partial charge in [-0.05, 0) is 76.1 Å². The topological polar surface area (TPSA) is 164 Å². The van der Waals surface area contributed by atoms with Crippen LogP contribution in [0.5, 0.6) is 0 Å². The Balaban J connectivity index is 0.909. The number of imidazole rings is 1. The van der Waals surface area contributed by atoms with Crippen molar-refractivity contribution in [2.45, 2.75) is 70.1 Å². The molecule has 3 N–H and O–H groups in total. The van der Waals surface area contributed by atoms with Crippen LogP contribution in [0.25, 0.3) is 15.9 Å². The molecule has 4 aromatic rings. The van der Waals surface area contributed by atoms with Crippen molar-refractivity contribution in [3.05, 3.63) is 81.4 Å². The first kappa shape index (κ1) is 37.7. The number of nitrogens with one attached hydrogen (secondary N) is 2. The van der Waals surface area contributed by atoms with Crippen LogP contribution < -0.4 is 16.3 Å². The van der Waals surface area contributed by atoms with Crippen LogP contribution in [0.15, 0.2) is 47.4 Å². The molecule has 1 saturated carbocycles. The van der Waals surface area contributed by atoms with Gasteiger partial charge in [0.2, 0.25) is 17.5 Å². The number of benzene rings is 1. The van der Waals surface area contributed by atoms with Gasteiger partial charge in [0, 0.05) is 52.4 Å². The Hall–Kier alpha value is -5.61. The molecule has 3 fully saturated rings. The number of hydrogen-bond donors (Lipinski definition) is 3. The summed E-state index contributed by atoms with van der Waals surface area (Å²) in [5, 5.41) is 20.8. The number of nitrogens with zero attached hydrogens (tertiary/aromatic N) is 8. The van der Waals surface area contributed by atoms with Gasteiger partial charge in [-0.1, -0.05) is 30.5 Å². The lowest BCUT2D eigenvalue weighted by Crippen LogP contribution is -2.48. The number of piperidine rings is 1. The fraction of sp³-hybridized carbons (Fsp3) is 0.475. The summed E-state index contributed by atoms with van der Waals surface area (Å²) in [6, 6.07) is 9.70. The fourth-order valence-electron chi connectivity index (χ4n) is 8.02. The number of hydrogen-bond acceptors (Lipinski definition) is 9. The molecular weight excluding hydrogens is 701 g/mol. The lowest BCUT2D eigenvalue weighted by atomic mass is 9.85. The molecule has 3 aromatic heterocycles. The van der Waals surface area contributed by atoms with Crippen LogP contribution in [0, 0.1) is 24.3 Å². The highest BCUT2D eigenvalue weighted by Crippen LogP contribution is 2.35. The SMILES string of the molecule is [C-]#[N+]c1cccc(C(=O)Nc2cn(C3CCC(CN4CCN(CC#Cc5cccc6c5n(C)c(=O)n6C5CCC(=O)NC5=O)CC4)CC3)nc2C(C)(C)O)n1. The van der Waals surface area contributed by atoms with Crippen LogP contribution in [0.2, 0.25) is 0 Å². The van der Waals surface area contributed by atoms with E-state index in [0.29, 0.717) is 34.9 Å². The Labute approximate surface area is 319 Å². The van der Waals surface area contributed by atoms with Crippen LogP contribution >= 0.6 is 0 Å². The Morgan fingerprint density at radius 2 is 1.76 bits per heavy atom. The second kappa shape index (κ2) is 15.6. The lowest BCUT2D eigenvalue weighted by Gasteiger charge is -2.37. The van der Waals surface area contributed by atoms with Gasteiger partial charge in [0.1, 0.15) is 17.3 Å². The number of amides is 3. The van der Waals surface area contributed by atoms with Crippen molar-refractivity contribution < 1.29 is 19.5 Å². The zero-order chi connectivity index (χ0) is 38.9. The molecule has 0 spiro atoms. The molecule has 0 bridgehead atoms. The molecule has 3 aliphatic rings. The van der Waals surface area contributed by atoms with E-state index in [9.17, 15) is 24.3 Å². The number of imide groups is 1. The first-order chi connectivity index (χ1) is 26.4. The third-order valence-corrected chi connectivity index (χ3v) is 11.0. The quantitative estimate of drug-likeness (QED) is 0.139. The van der Waals surface area contributed by atoms with E-state index in [-0.39, 0.29) is 42.0 Å². The molecule has 0 radical (unpaired) electrons. The van der Waals surface area contributed by atoms with Crippen molar-refractivity contribution in [1.82, 2.24) is 39.0 Å². The molecular formula is C40H46N10O5. The van der Waals surface area contributed by atoms with Gasteiger partial charge in [0.25, 0.3) is 11.7 Å². The minimum Gasteiger partial charge on any atom is -0.384 e. The largest absolute Gasteiger partial charge is 0.384 e. The first-order valence-electron chi connectivity index (χ1n) is 18.8. The molecule has 286 valence electrons. The van der Waals surface area contributed by atoms with Gasteiger partial charge in [-0.25, -0.2) is 4.79 Å². The predicted molar refractivity (Wildman–Crippen MR) is 205 cm³/mol. The number of pyridine rings is 1. The fourth-order valence-corrected chi connectivity index (χ4v) is 8.02. The highest BCUT2D eigenvalue weighted by atomic mass is 16.3. The van der Waals surface area contributed by atoms with E-state index in [1.165, 1.54) is 9.13 Å². The first-order valence-corrected chi connectivity index (χ1v) is 18.8. The van der Waals surface area contributed by atoms with Crippen molar-refractivity contribution in [1.29, 1.82) is 0 Å². The molecule has 15 nitrogen and oxygen atoms in total. The highest BCUT2D eigenvalue weighted by molar-refractivity contribution is 6.03. The Bertz CT molecular complexity index is 2280. The van der Waals surface area contributed by atoms with Crippen molar-refractivity contribution in [3.63, 3.8) is 0 Å². The molecule has 15 heteroatoms. The van der Waals surface area contributed by atoms with E-state index >= 15 is 0 Å². The summed E-state index contributed by atoms with van der Waals surface area (Å²) >= 11 is 0. The van der Waals surface area contributed by atoms with E-state index in [1.807, 2.05) is 22.9 Å². The molecule has 1 aliphatic carbocycles. The average molecular weight is 747 g/mol. The summed E-state index contributed by atoms with van der Waals surface area (Å²) in [4.78, 5) is 62.8. The van der Waals surface area contributed by atoms with Crippen LogP contribution in [0.4, 0.5) is 11.5 Å². The minimum absolute atomic E-state index is 0.126. The van der Waals surface area contributed by atoms with E-state index < -0.39 is 23.5 Å². The van der Waals surface area contributed by atoms with E-state index in [1.54, 1.807) is 45.3 Å². The normalized spacial score (nSPS) is 21.1.